The van der Waals surface area contributed by atoms with Gasteiger partial charge in [0, 0.05) is 48.7 Å². The Hall–Kier alpha value is -5.05. The summed E-state index contributed by atoms with van der Waals surface area (Å²) >= 11 is 0. The Balaban J connectivity index is 1.07. The van der Waals surface area contributed by atoms with Gasteiger partial charge in [-0.1, -0.05) is 67.6 Å². The molecule has 0 bridgehead atoms. The van der Waals surface area contributed by atoms with Crippen LogP contribution in [0.25, 0.3) is 22.2 Å². The molecule has 1 saturated heterocycles. The second kappa shape index (κ2) is 13.7. The van der Waals surface area contributed by atoms with Gasteiger partial charge in [-0.15, -0.1) is 0 Å². The van der Waals surface area contributed by atoms with Gasteiger partial charge in [0.05, 0.1) is 11.1 Å². The largest absolute Gasteiger partial charge is 0.473 e. The lowest BCUT2D eigenvalue weighted by Crippen LogP contribution is -2.62. The standard InChI is InChI=1S/C41H47N5O4/c1-28-23-41(26-46(27-41)39(47)50-40(2,3)4)21-20-34(28)42-31-16-17-32-35(22-31)45(5)44-37(32)33-18-19-36(48-24-29-12-8-6-9-13-29)43-38(33)49-25-30-14-10-7-11-15-30/h6-19,22,28,34,42H,20-21,23-27H2,1-5H3. The summed E-state index contributed by atoms with van der Waals surface area (Å²) in [5, 5.41) is 9.83. The lowest BCUT2D eigenvalue weighted by molar-refractivity contribution is -0.0580. The monoisotopic (exact) mass is 673 g/mol. The van der Waals surface area contributed by atoms with Crippen molar-refractivity contribution in [3.05, 3.63) is 102 Å². The van der Waals surface area contributed by atoms with Crippen molar-refractivity contribution in [1.29, 1.82) is 0 Å². The van der Waals surface area contributed by atoms with Crippen LogP contribution in [0.3, 0.4) is 0 Å². The smallest absolute Gasteiger partial charge is 0.410 e. The van der Waals surface area contributed by atoms with Gasteiger partial charge in [0.15, 0.2) is 0 Å². The SMILES string of the molecule is CC1CC2(CCC1Nc1ccc3c(-c4ccc(OCc5ccccc5)nc4OCc4ccccc4)nn(C)c3c1)CN(C(=O)OC(C)(C)C)C2. The molecule has 1 N–H and O–H groups in total. The van der Waals surface area contributed by atoms with Gasteiger partial charge in [0.2, 0.25) is 11.8 Å². The highest BCUT2D eigenvalue weighted by atomic mass is 16.6. The molecule has 50 heavy (non-hydrogen) atoms. The van der Waals surface area contributed by atoms with Crippen molar-refractivity contribution >= 4 is 22.7 Å². The molecule has 3 heterocycles. The molecule has 1 amide bonds. The van der Waals surface area contributed by atoms with Crippen molar-refractivity contribution in [2.45, 2.75) is 71.8 Å². The number of likely N-dealkylation sites (tertiary alicyclic amines) is 1. The Kier molecular flexibility index (Phi) is 9.16. The highest BCUT2D eigenvalue weighted by molar-refractivity contribution is 5.96. The minimum Gasteiger partial charge on any atom is -0.473 e. The topological polar surface area (TPSA) is 90.7 Å². The fourth-order valence-corrected chi connectivity index (χ4v) is 7.41. The van der Waals surface area contributed by atoms with Crippen LogP contribution >= 0.6 is 0 Å². The van der Waals surface area contributed by atoms with Gasteiger partial charge >= 0.3 is 6.09 Å². The van der Waals surface area contributed by atoms with E-state index in [1.807, 2.05) is 110 Å². The number of hydrogen-bond acceptors (Lipinski definition) is 7. The van der Waals surface area contributed by atoms with E-state index in [4.69, 9.17) is 24.3 Å². The second-order valence-corrected chi connectivity index (χ2v) is 15.1. The Morgan fingerprint density at radius 1 is 0.920 bits per heavy atom. The fraction of sp³-hybridized carbons (Fsp3) is 0.390. The Morgan fingerprint density at radius 3 is 2.26 bits per heavy atom. The minimum absolute atomic E-state index is 0.196. The van der Waals surface area contributed by atoms with Gasteiger partial charge in [0.25, 0.3) is 0 Å². The molecule has 2 atom stereocenters. The average molecular weight is 674 g/mol. The Morgan fingerprint density at radius 2 is 1.60 bits per heavy atom. The number of ether oxygens (including phenoxy) is 3. The van der Waals surface area contributed by atoms with Crippen LogP contribution in [0.2, 0.25) is 0 Å². The number of fused-ring (bicyclic) bond motifs is 1. The van der Waals surface area contributed by atoms with Crippen molar-refractivity contribution < 1.29 is 19.0 Å². The van der Waals surface area contributed by atoms with E-state index in [-0.39, 0.29) is 11.5 Å². The minimum atomic E-state index is -0.470. The number of nitrogens with one attached hydrogen (secondary N) is 1. The zero-order chi connectivity index (χ0) is 34.9. The molecule has 9 heteroatoms. The van der Waals surface area contributed by atoms with Gasteiger partial charge in [-0.25, -0.2) is 4.79 Å². The predicted molar refractivity (Wildman–Crippen MR) is 196 cm³/mol. The maximum absolute atomic E-state index is 12.5. The zero-order valence-electron chi connectivity index (χ0n) is 29.7. The van der Waals surface area contributed by atoms with Gasteiger partial charge < -0.3 is 24.4 Å². The molecule has 1 aliphatic heterocycles. The lowest BCUT2D eigenvalue weighted by Gasteiger charge is -2.55. The number of pyridine rings is 1. The van der Waals surface area contributed by atoms with Gasteiger partial charge in [0.1, 0.15) is 24.5 Å². The van der Waals surface area contributed by atoms with E-state index in [2.05, 4.69) is 30.4 Å². The first-order valence-corrected chi connectivity index (χ1v) is 17.6. The van der Waals surface area contributed by atoms with Gasteiger partial charge in [-0.3, -0.25) is 4.68 Å². The van der Waals surface area contributed by atoms with Crippen LogP contribution in [0.5, 0.6) is 11.8 Å². The van der Waals surface area contributed by atoms with Gasteiger partial charge in [-0.05, 0) is 81.3 Å². The molecule has 2 aliphatic rings. The number of rotatable bonds is 9. The van der Waals surface area contributed by atoms with E-state index in [9.17, 15) is 4.79 Å². The highest BCUT2D eigenvalue weighted by Gasteiger charge is 2.50. The summed E-state index contributed by atoms with van der Waals surface area (Å²) in [6.07, 6.45) is 3.05. The molecule has 5 aromatic rings. The molecule has 7 rings (SSSR count). The first-order valence-electron chi connectivity index (χ1n) is 17.6. The molecule has 260 valence electrons. The third kappa shape index (κ3) is 7.42. The van der Waals surface area contributed by atoms with Crippen molar-refractivity contribution in [3.63, 3.8) is 0 Å². The number of aryl methyl sites for hydroxylation is 1. The van der Waals surface area contributed by atoms with Crippen LogP contribution in [0, 0.1) is 11.3 Å². The summed E-state index contributed by atoms with van der Waals surface area (Å²) in [6.45, 7) is 10.4. The Labute approximate surface area is 294 Å². The van der Waals surface area contributed by atoms with E-state index in [1.54, 1.807) is 0 Å². The summed E-state index contributed by atoms with van der Waals surface area (Å²) in [4.78, 5) is 19.2. The van der Waals surface area contributed by atoms with Crippen LogP contribution in [0.1, 0.15) is 58.1 Å². The molecule has 2 unspecified atom stereocenters. The molecular weight excluding hydrogens is 626 g/mol. The Bertz CT molecular complexity index is 1950. The number of nitrogens with zero attached hydrogens (tertiary/aromatic N) is 4. The van der Waals surface area contributed by atoms with E-state index in [1.165, 1.54) is 0 Å². The molecule has 2 fully saturated rings. The third-order valence-electron chi connectivity index (χ3n) is 9.87. The average Bonchev–Trinajstić information content (AvgIpc) is 3.41. The van der Waals surface area contributed by atoms with Crippen LogP contribution in [0.15, 0.2) is 91.0 Å². The van der Waals surface area contributed by atoms with Crippen molar-refractivity contribution in [2.24, 2.45) is 18.4 Å². The van der Waals surface area contributed by atoms with Crippen molar-refractivity contribution in [3.8, 4) is 23.0 Å². The summed E-state index contributed by atoms with van der Waals surface area (Å²) < 4.78 is 20.0. The number of hydrogen-bond donors (Lipinski definition) is 1. The number of aromatic nitrogens is 3. The predicted octanol–water partition coefficient (Wildman–Crippen LogP) is 8.63. The van der Waals surface area contributed by atoms with E-state index >= 15 is 0 Å². The summed E-state index contributed by atoms with van der Waals surface area (Å²) in [7, 11) is 1.98. The molecule has 0 radical (unpaired) electrons. The molecule has 9 nitrogen and oxygen atoms in total. The zero-order valence-corrected chi connectivity index (χ0v) is 29.7. The number of anilines is 1. The summed E-state index contributed by atoms with van der Waals surface area (Å²) in [5.74, 6) is 1.45. The second-order valence-electron chi connectivity index (χ2n) is 15.1. The molecule has 1 saturated carbocycles. The van der Waals surface area contributed by atoms with Crippen LogP contribution in [-0.4, -0.2) is 50.5 Å². The number of benzene rings is 3. The first-order chi connectivity index (χ1) is 24.0. The summed E-state index contributed by atoms with van der Waals surface area (Å²) in [6, 6.07) is 30.8. The van der Waals surface area contributed by atoms with E-state index in [0.29, 0.717) is 36.9 Å². The molecule has 2 aromatic heterocycles. The molecule has 1 aliphatic carbocycles. The first kappa shape index (κ1) is 33.4. The highest BCUT2D eigenvalue weighted by Crippen LogP contribution is 2.47. The number of amides is 1. The maximum atomic E-state index is 12.5. The molecule has 1 spiro atoms. The quantitative estimate of drug-likeness (QED) is 0.168. The van der Waals surface area contributed by atoms with Crippen LogP contribution < -0.4 is 14.8 Å². The van der Waals surface area contributed by atoms with E-state index < -0.39 is 5.60 Å². The maximum Gasteiger partial charge on any atom is 0.410 e. The number of carbonyl (C=O) groups excluding carboxylic acids is 1. The lowest BCUT2D eigenvalue weighted by atomic mass is 9.64. The molecule has 3 aromatic carbocycles. The third-order valence-corrected chi connectivity index (χ3v) is 9.87. The van der Waals surface area contributed by atoms with Crippen LogP contribution in [0.4, 0.5) is 10.5 Å². The van der Waals surface area contributed by atoms with E-state index in [0.717, 1.165) is 71.3 Å². The number of carbonyl (C=O) groups is 1. The normalized spacial score (nSPS) is 18.5. The fourth-order valence-electron chi connectivity index (χ4n) is 7.41. The molecular formula is C41H47N5O4. The van der Waals surface area contributed by atoms with Crippen LogP contribution in [-0.2, 0) is 25.0 Å². The van der Waals surface area contributed by atoms with Crippen molar-refractivity contribution in [2.75, 3.05) is 18.4 Å². The summed E-state index contributed by atoms with van der Waals surface area (Å²) in [5.41, 5.74) is 5.58. The van der Waals surface area contributed by atoms with Gasteiger partial charge in [-0.2, -0.15) is 10.1 Å². The van der Waals surface area contributed by atoms with Crippen molar-refractivity contribution in [1.82, 2.24) is 19.7 Å².